The van der Waals surface area contributed by atoms with Crippen LogP contribution in [0.5, 0.6) is 0 Å². The van der Waals surface area contributed by atoms with E-state index in [0.717, 1.165) is 0 Å². The Labute approximate surface area is 65.4 Å². The van der Waals surface area contributed by atoms with Gasteiger partial charge < -0.3 is 14.9 Å². The van der Waals surface area contributed by atoms with Crippen LogP contribution in [0.4, 0.5) is 0 Å². The van der Waals surface area contributed by atoms with Gasteiger partial charge in [0.2, 0.25) is 0 Å². The molecule has 0 spiro atoms. The van der Waals surface area contributed by atoms with Gasteiger partial charge in [0.1, 0.15) is 0 Å². The van der Waals surface area contributed by atoms with Gasteiger partial charge >= 0.3 is 0 Å². The first kappa shape index (κ1) is 8.33. The molecule has 3 nitrogen and oxygen atoms in total. The molecule has 0 saturated carbocycles. The van der Waals surface area contributed by atoms with E-state index in [0.29, 0.717) is 0 Å². The fourth-order valence-electron chi connectivity index (χ4n) is 1.04. The lowest BCUT2D eigenvalue weighted by molar-refractivity contribution is -0.179. The van der Waals surface area contributed by atoms with Gasteiger partial charge in [0.05, 0.1) is 17.5 Å². The third kappa shape index (κ3) is 1.63. The van der Waals surface area contributed by atoms with E-state index in [1.165, 1.54) is 0 Å². The molecule has 0 amide bonds. The Morgan fingerprint density at radius 1 is 1.50 bits per heavy atom. The molecule has 0 unspecified atom stereocenters. The van der Waals surface area contributed by atoms with Crippen LogP contribution in [-0.2, 0) is 4.74 Å². The summed E-state index contributed by atoms with van der Waals surface area (Å²) >= 11 is 4.11. The van der Waals surface area contributed by atoms with Crippen LogP contribution < -0.4 is 0 Å². The second-order valence-electron chi connectivity index (χ2n) is 2.59. The smallest absolute Gasteiger partial charge is 0.157 e. The Morgan fingerprint density at radius 3 is 2.60 bits per heavy atom. The molecule has 0 aromatic heterocycles. The minimum Gasteiger partial charge on any atom is -0.392 e. The minimum absolute atomic E-state index is 0.177. The quantitative estimate of drug-likeness (QED) is 0.434. The van der Waals surface area contributed by atoms with E-state index >= 15 is 0 Å². The minimum atomic E-state index is -0.826. The molecule has 0 aliphatic carbocycles. The molecule has 10 heavy (non-hydrogen) atoms. The molecule has 60 valence electrons. The Bertz CT molecular complexity index is 108. The number of hydrogen-bond donors (Lipinski definition) is 3. The molecule has 1 rings (SSSR count). The first-order valence-corrected chi connectivity index (χ1v) is 3.82. The van der Waals surface area contributed by atoms with E-state index in [4.69, 9.17) is 9.84 Å². The van der Waals surface area contributed by atoms with Gasteiger partial charge in [0.25, 0.3) is 0 Å². The summed E-state index contributed by atoms with van der Waals surface area (Å²) in [6.45, 7) is 1.78. The maximum absolute atomic E-state index is 9.20. The highest BCUT2D eigenvalue weighted by molar-refractivity contribution is 7.81. The van der Waals surface area contributed by atoms with Gasteiger partial charge in [0.15, 0.2) is 6.29 Å². The van der Waals surface area contributed by atoms with Gasteiger partial charge in [0, 0.05) is 6.42 Å². The molecule has 1 heterocycles. The molecule has 2 N–H and O–H groups in total. The van der Waals surface area contributed by atoms with Crippen molar-refractivity contribution in [2.24, 2.45) is 0 Å². The summed E-state index contributed by atoms with van der Waals surface area (Å²) in [5.41, 5.74) is 0. The molecule has 1 fully saturated rings. The second-order valence-corrected chi connectivity index (χ2v) is 3.19. The van der Waals surface area contributed by atoms with Crippen molar-refractivity contribution >= 4 is 12.6 Å². The molecule has 4 heteroatoms. The van der Waals surface area contributed by atoms with Crippen LogP contribution in [0.3, 0.4) is 0 Å². The van der Waals surface area contributed by atoms with E-state index in [1.807, 2.05) is 0 Å². The zero-order chi connectivity index (χ0) is 7.72. The summed E-state index contributed by atoms with van der Waals surface area (Å²) in [7, 11) is 0. The highest BCUT2D eigenvalue weighted by Gasteiger charge is 2.31. The standard InChI is InChI=1S/C6H12O3S/c1-3-6(10)4(7)2-5(8)9-3/h3-8,10H,2H2,1H3/t3-,4+,5-,6-/m1/s1. The Morgan fingerprint density at radius 2 is 2.10 bits per heavy atom. The second kappa shape index (κ2) is 3.09. The number of rotatable bonds is 0. The first-order valence-electron chi connectivity index (χ1n) is 3.31. The van der Waals surface area contributed by atoms with Crippen LogP contribution in [0.1, 0.15) is 13.3 Å². The van der Waals surface area contributed by atoms with Crippen LogP contribution >= 0.6 is 12.6 Å². The molecule has 1 saturated heterocycles. The summed E-state index contributed by atoms with van der Waals surface area (Å²) in [6.07, 6.45) is -1.30. The number of ether oxygens (including phenoxy) is 1. The number of aliphatic hydroxyl groups excluding tert-OH is 2. The van der Waals surface area contributed by atoms with Gasteiger partial charge in [-0.2, -0.15) is 12.6 Å². The Balaban J connectivity index is 2.49. The van der Waals surface area contributed by atoms with Crippen molar-refractivity contribution in [1.82, 2.24) is 0 Å². The van der Waals surface area contributed by atoms with Gasteiger partial charge in [-0.1, -0.05) is 0 Å². The predicted molar refractivity (Wildman–Crippen MR) is 40.0 cm³/mol. The zero-order valence-electron chi connectivity index (χ0n) is 5.77. The molecule has 0 radical (unpaired) electrons. The summed E-state index contributed by atoms with van der Waals surface area (Å²) in [4.78, 5) is 0. The predicted octanol–water partition coefficient (Wildman–Crippen LogP) is -0.227. The summed E-state index contributed by atoms with van der Waals surface area (Å²) in [5.74, 6) is 0. The molecular weight excluding hydrogens is 152 g/mol. The third-order valence-electron chi connectivity index (χ3n) is 1.69. The molecule has 1 aliphatic heterocycles. The fourth-order valence-corrected chi connectivity index (χ4v) is 1.23. The molecule has 0 aromatic carbocycles. The topological polar surface area (TPSA) is 49.7 Å². The van der Waals surface area contributed by atoms with Crippen LogP contribution in [0.2, 0.25) is 0 Å². The van der Waals surface area contributed by atoms with E-state index in [2.05, 4.69) is 12.6 Å². The third-order valence-corrected chi connectivity index (χ3v) is 2.45. The van der Waals surface area contributed by atoms with E-state index < -0.39 is 12.4 Å². The average molecular weight is 164 g/mol. The van der Waals surface area contributed by atoms with Crippen LogP contribution in [-0.4, -0.2) is 34.0 Å². The lowest BCUT2D eigenvalue weighted by Gasteiger charge is -2.33. The highest BCUT2D eigenvalue weighted by Crippen LogP contribution is 2.22. The van der Waals surface area contributed by atoms with Gasteiger partial charge in [-0.05, 0) is 6.92 Å². The van der Waals surface area contributed by atoms with Crippen molar-refractivity contribution in [2.45, 2.75) is 37.1 Å². The maximum atomic E-state index is 9.20. The first-order chi connectivity index (χ1) is 4.61. The SMILES string of the molecule is C[C@H]1O[C@@H](O)C[C@H](O)[C@@H]1S. The summed E-state index contributed by atoms with van der Waals surface area (Å²) in [6, 6.07) is 0. The van der Waals surface area contributed by atoms with Crippen molar-refractivity contribution in [1.29, 1.82) is 0 Å². The number of hydrogen-bond acceptors (Lipinski definition) is 4. The molecule has 1 aliphatic rings. The van der Waals surface area contributed by atoms with E-state index in [1.54, 1.807) is 6.92 Å². The highest BCUT2D eigenvalue weighted by atomic mass is 32.1. The summed E-state index contributed by atoms with van der Waals surface area (Å²) < 4.78 is 4.99. The molecular formula is C6H12O3S. The van der Waals surface area contributed by atoms with Crippen LogP contribution in [0.15, 0.2) is 0 Å². The van der Waals surface area contributed by atoms with Crippen LogP contribution in [0, 0.1) is 0 Å². The lowest BCUT2D eigenvalue weighted by Crippen LogP contribution is -2.43. The fraction of sp³-hybridized carbons (Fsp3) is 1.00. The van der Waals surface area contributed by atoms with E-state index in [-0.39, 0.29) is 17.8 Å². The Hall–Kier alpha value is 0.230. The van der Waals surface area contributed by atoms with Crippen molar-refractivity contribution in [3.8, 4) is 0 Å². The monoisotopic (exact) mass is 164 g/mol. The van der Waals surface area contributed by atoms with E-state index in [9.17, 15) is 5.11 Å². The van der Waals surface area contributed by atoms with Gasteiger partial charge in [-0.3, -0.25) is 0 Å². The maximum Gasteiger partial charge on any atom is 0.157 e. The average Bonchev–Trinajstić information content (AvgIpc) is 1.82. The Kier molecular flexibility index (Phi) is 2.57. The molecule has 0 bridgehead atoms. The van der Waals surface area contributed by atoms with Gasteiger partial charge in [-0.15, -0.1) is 0 Å². The normalized spacial score (nSPS) is 49.2. The largest absolute Gasteiger partial charge is 0.392 e. The lowest BCUT2D eigenvalue weighted by atomic mass is 10.1. The van der Waals surface area contributed by atoms with Crippen LogP contribution in [0.25, 0.3) is 0 Å². The number of thiol groups is 1. The van der Waals surface area contributed by atoms with Crippen molar-refractivity contribution in [3.63, 3.8) is 0 Å². The zero-order valence-corrected chi connectivity index (χ0v) is 6.66. The van der Waals surface area contributed by atoms with Crippen molar-refractivity contribution in [2.75, 3.05) is 0 Å². The van der Waals surface area contributed by atoms with Crippen molar-refractivity contribution in [3.05, 3.63) is 0 Å². The van der Waals surface area contributed by atoms with Gasteiger partial charge in [-0.25, -0.2) is 0 Å². The molecule has 4 atom stereocenters. The number of aliphatic hydroxyl groups is 2. The summed E-state index contributed by atoms with van der Waals surface area (Å²) in [5, 5.41) is 18.0. The van der Waals surface area contributed by atoms with Crippen molar-refractivity contribution < 1.29 is 14.9 Å². The molecule has 0 aromatic rings.